The van der Waals surface area contributed by atoms with E-state index in [9.17, 15) is 0 Å². The molecule has 0 spiro atoms. The SMILES string of the molecule is Cc1cc2ncc(C(C)N[C@H]3CCOc4c(C)cccc43)c(C)n2n1. The standard InChI is InChI=1S/C20H24N4O/c1-12-6-5-7-16-18(8-9-25-20(12)16)22-14(3)17-11-21-19-10-13(2)23-24(19)15(17)4/h5-7,10-11,14,18,22H,8-9H2,1-4H3/t14?,18-/m0/s1. The summed E-state index contributed by atoms with van der Waals surface area (Å²) < 4.78 is 7.82. The summed E-state index contributed by atoms with van der Waals surface area (Å²) in [6.45, 7) is 9.15. The Morgan fingerprint density at radius 1 is 1.28 bits per heavy atom. The number of aryl methyl sites for hydroxylation is 3. The maximum atomic E-state index is 5.89. The van der Waals surface area contributed by atoms with Gasteiger partial charge in [-0.2, -0.15) is 5.10 Å². The number of rotatable bonds is 3. The number of fused-ring (bicyclic) bond motifs is 2. The van der Waals surface area contributed by atoms with E-state index in [1.165, 1.54) is 16.7 Å². The molecule has 0 bridgehead atoms. The first kappa shape index (κ1) is 16.1. The molecule has 0 radical (unpaired) electrons. The molecule has 1 N–H and O–H groups in total. The van der Waals surface area contributed by atoms with Crippen molar-refractivity contribution in [3.8, 4) is 5.75 Å². The normalized spacial score (nSPS) is 18.0. The average Bonchev–Trinajstić information content (AvgIpc) is 2.97. The lowest BCUT2D eigenvalue weighted by Crippen LogP contribution is -2.30. The first-order valence-electron chi connectivity index (χ1n) is 8.85. The fourth-order valence-corrected chi connectivity index (χ4v) is 3.75. The van der Waals surface area contributed by atoms with E-state index in [1.54, 1.807) is 0 Å². The second-order valence-corrected chi connectivity index (χ2v) is 6.93. The van der Waals surface area contributed by atoms with Crippen LogP contribution in [-0.4, -0.2) is 21.2 Å². The Hall–Kier alpha value is -2.40. The van der Waals surface area contributed by atoms with Gasteiger partial charge in [-0.05, 0) is 33.3 Å². The summed E-state index contributed by atoms with van der Waals surface area (Å²) in [6, 6.07) is 8.84. The van der Waals surface area contributed by atoms with Gasteiger partial charge in [-0.1, -0.05) is 18.2 Å². The van der Waals surface area contributed by atoms with Gasteiger partial charge in [0.25, 0.3) is 0 Å². The van der Waals surface area contributed by atoms with E-state index < -0.39 is 0 Å². The van der Waals surface area contributed by atoms with Crippen molar-refractivity contribution in [2.45, 2.75) is 46.2 Å². The molecule has 2 atom stereocenters. The maximum Gasteiger partial charge on any atom is 0.155 e. The Morgan fingerprint density at radius 2 is 2.12 bits per heavy atom. The van der Waals surface area contributed by atoms with E-state index in [2.05, 4.69) is 54.4 Å². The van der Waals surface area contributed by atoms with E-state index in [4.69, 9.17) is 4.74 Å². The van der Waals surface area contributed by atoms with Crippen molar-refractivity contribution >= 4 is 5.65 Å². The highest BCUT2D eigenvalue weighted by molar-refractivity contribution is 5.45. The van der Waals surface area contributed by atoms with Gasteiger partial charge in [0.15, 0.2) is 5.65 Å². The van der Waals surface area contributed by atoms with Crippen LogP contribution in [-0.2, 0) is 0 Å². The lowest BCUT2D eigenvalue weighted by molar-refractivity contribution is 0.244. The summed E-state index contributed by atoms with van der Waals surface area (Å²) in [4.78, 5) is 4.57. The lowest BCUT2D eigenvalue weighted by Gasteiger charge is -2.30. The van der Waals surface area contributed by atoms with Crippen LogP contribution >= 0.6 is 0 Å². The summed E-state index contributed by atoms with van der Waals surface area (Å²) in [5.74, 6) is 1.03. The van der Waals surface area contributed by atoms with Gasteiger partial charge in [0.05, 0.1) is 12.3 Å². The fraction of sp³-hybridized carbons (Fsp3) is 0.400. The van der Waals surface area contributed by atoms with Crippen LogP contribution in [0.2, 0.25) is 0 Å². The first-order chi connectivity index (χ1) is 12.0. The van der Waals surface area contributed by atoms with E-state index in [0.29, 0.717) is 0 Å². The molecule has 0 aliphatic carbocycles. The van der Waals surface area contributed by atoms with Crippen molar-refractivity contribution in [2.75, 3.05) is 6.61 Å². The minimum Gasteiger partial charge on any atom is -0.493 e. The molecular formula is C20H24N4O. The van der Waals surface area contributed by atoms with E-state index in [0.717, 1.165) is 35.8 Å². The Labute approximate surface area is 148 Å². The van der Waals surface area contributed by atoms with Crippen LogP contribution in [0.25, 0.3) is 5.65 Å². The van der Waals surface area contributed by atoms with Crippen LogP contribution in [0.4, 0.5) is 0 Å². The van der Waals surface area contributed by atoms with Crippen molar-refractivity contribution in [1.29, 1.82) is 0 Å². The summed E-state index contributed by atoms with van der Waals surface area (Å²) in [6.07, 6.45) is 2.94. The van der Waals surface area contributed by atoms with Crippen LogP contribution in [0.3, 0.4) is 0 Å². The van der Waals surface area contributed by atoms with Crippen molar-refractivity contribution in [3.05, 3.63) is 58.5 Å². The van der Waals surface area contributed by atoms with E-state index in [-0.39, 0.29) is 12.1 Å². The molecule has 2 aromatic heterocycles. The first-order valence-corrected chi connectivity index (χ1v) is 8.85. The number of aromatic nitrogens is 3. The zero-order valence-electron chi connectivity index (χ0n) is 15.2. The Morgan fingerprint density at radius 3 is 2.96 bits per heavy atom. The van der Waals surface area contributed by atoms with Gasteiger partial charge in [-0.25, -0.2) is 9.50 Å². The van der Waals surface area contributed by atoms with Gasteiger partial charge >= 0.3 is 0 Å². The van der Waals surface area contributed by atoms with Gasteiger partial charge in [-0.3, -0.25) is 0 Å². The molecule has 5 nitrogen and oxygen atoms in total. The van der Waals surface area contributed by atoms with Gasteiger partial charge in [0, 0.05) is 47.6 Å². The topological polar surface area (TPSA) is 51.5 Å². The maximum absolute atomic E-state index is 5.89. The molecule has 130 valence electrons. The quantitative estimate of drug-likeness (QED) is 0.790. The molecule has 1 aromatic carbocycles. The smallest absolute Gasteiger partial charge is 0.155 e. The zero-order valence-corrected chi connectivity index (χ0v) is 15.2. The van der Waals surface area contributed by atoms with Crippen LogP contribution in [0.5, 0.6) is 5.75 Å². The van der Waals surface area contributed by atoms with Crippen molar-refractivity contribution in [3.63, 3.8) is 0 Å². The van der Waals surface area contributed by atoms with Gasteiger partial charge in [0.2, 0.25) is 0 Å². The van der Waals surface area contributed by atoms with Gasteiger partial charge in [0.1, 0.15) is 5.75 Å². The summed E-state index contributed by atoms with van der Waals surface area (Å²) in [7, 11) is 0. The predicted octanol–water partition coefficient (Wildman–Crippen LogP) is 3.83. The molecule has 3 aromatic rings. The molecule has 0 amide bonds. The molecule has 0 saturated heterocycles. The lowest BCUT2D eigenvalue weighted by atomic mass is 9.96. The van der Waals surface area contributed by atoms with Crippen molar-refractivity contribution < 1.29 is 4.74 Å². The number of hydrogen-bond acceptors (Lipinski definition) is 4. The zero-order chi connectivity index (χ0) is 17.6. The predicted molar refractivity (Wildman–Crippen MR) is 98.0 cm³/mol. The molecule has 25 heavy (non-hydrogen) atoms. The largest absolute Gasteiger partial charge is 0.493 e. The number of hydrogen-bond donors (Lipinski definition) is 1. The third-order valence-electron chi connectivity index (χ3n) is 5.07. The summed E-state index contributed by atoms with van der Waals surface area (Å²) in [5.41, 5.74) is 6.65. The average molecular weight is 336 g/mol. The monoisotopic (exact) mass is 336 g/mol. The second kappa shape index (κ2) is 6.15. The van der Waals surface area contributed by atoms with Crippen molar-refractivity contribution in [2.24, 2.45) is 0 Å². The molecule has 1 unspecified atom stereocenters. The van der Waals surface area contributed by atoms with Gasteiger partial charge < -0.3 is 10.1 Å². The Bertz CT molecular complexity index is 931. The van der Waals surface area contributed by atoms with Crippen LogP contribution in [0.1, 0.15) is 53.5 Å². The Kier molecular flexibility index (Phi) is 3.96. The van der Waals surface area contributed by atoms with E-state index >= 15 is 0 Å². The second-order valence-electron chi connectivity index (χ2n) is 6.93. The highest BCUT2D eigenvalue weighted by Crippen LogP contribution is 2.36. The molecule has 3 heterocycles. The Balaban J connectivity index is 1.64. The number of nitrogens with zero attached hydrogens (tertiary/aromatic N) is 3. The molecular weight excluding hydrogens is 312 g/mol. The molecule has 0 saturated carbocycles. The summed E-state index contributed by atoms with van der Waals surface area (Å²) >= 11 is 0. The third kappa shape index (κ3) is 2.78. The minimum absolute atomic E-state index is 0.179. The molecule has 0 fully saturated rings. The molecule has 4 rings (SSSR count). The fourth-order valence-electron chi connectivity index (χ4n) is 3.75. The number of para-hydroxylation sites is 1. The van der Waals surface area contributed by atoms with Crippen LogP contribution < -0.4 is 10.1 Å². The number of nitrogens with one attached hydrogen (secondary N) is 1. The third-order valence-corrected chi connectivity index (χ3v) is 5.07. The minimum atomic E-state index is 0.179. The summed E-state index contributed by atoms with van der Waals surface area (Å²) in [5, 5.41) is 8.33. The number of benzene rings is 1. The van der Waals surface area contributed by atoms with E-state index in [1.807, 2.05) is 23.7 Å². The molecule has 5 heteroatoms. The molecule has 1 aliphatic rings. The van der Waals surface area contributed by atoms with Crippen LogP contribution in [0, 0.1) is 20.8 Å². The van der Waals surface area contributed by atoms with Gasteiger partial charge in [-0.15, -0.1) is 0 Å². The van der Waals surface area contributed by atoms with Crippen molar-refractivity contribution in [1.82, 2.24) is 19.9 Å². The van der Waals surface area contributed by atoms with Crippen LogP contribution in [0.15, 0.2) is 30.5 Å². The molecule has 1 aliphatic heterocycles. The highest BCUT2D eigenvalue weighted by atomic mass is 16.5. The number of ether oxygens (including phenoxy) is 1. The highest BCUT2D eigenvalue weighted by Gasteiger charge is 2.25.